The number of furan rings is 1. The Bertz CT molecular complexity index is 713. The zero-order valence-corrected chi connectivity index (χ0v) is 13.3. The van der Waals surface area contributed by atoms with Crippen molar-refractivity contribution in [3.63, 3.8) is 0 Å². The van der Waals surface area contributed by atoms with Gasteiger partial charge in [0.25, 0.3) is 5.91 Å². The number of likely N-dealkylation sites (tertiary alicyclic amines) is 1. The standard InChI is InChI=1S/C14H12ClF3N2O2S/c15-11-9(3-5-22-11)13(21)20-4-1-2-8(6-20)12-19-10(7-23-12)14(16,17)18/h3,5,7-8H,1-2,4,6H2. The molecule has 124 valence electrons. The highest BCUT2D eigenvalue weighted by atomic mass is 35.5. The third kappa shape index (κ3) is 3.37. The van der Waals surface area contributed by atoms with Gasteiger partial charge in [0.2, 0.25) is 5.22 Å². The zero-order chi connectivity index (χ0) is 16.6. The fraction of sp³-hybridized carbons (Fsp3) is 0.429. The van der Waals surface area contributed by atoms with Crippen molar-refractivity contribution in [2.45, 2.75) is 24.9 Å². The molecule has 1 saturated heterocycles. The van der Waals surface area contributed by atoms with Crippen LogP contribution in [0.15, 0.2) is 22.1 Å². The van der Waals surface area contributed by atoms with Crippen LogP contribution in [0.5, 0.6) is 0 Å². The largest absolute Gasteiger partial charge is 0.452 e. The lowest BCUT2D eigenvalue weighted by atomic mass is 9.98. The molecule has 1 fully saturated rings. The van der Waals surface area contributed by atoms with E-state index in [2.05, 4.69) is 4.98 Å². The van der Waals surface area contributed by atoms with Gasteiger partial charge < -0.3 is 9.32 Å². The molecular formula is C14H12ClF3N2O2S. The van der Waals surface area contributed by atoms with Crippen LogP contribution in [0.25, 0.3) is 0 Å². The molecule has 1 unspecified atom stereocenters. The van der Waals surface area contributed by atoms with E-state index in [-0.39, 0.29) is 22.6 Å². The Morgan fingerprint density at radius 1 is 1.48 bits per heavy atom. The highest BCUT2D eigenvalue weighted by Gasteiger charge is 2.35. The molecule has 1 atom stereocenters. The molecular weight excluding hydrogens is 353 g/mol. The SMILES string of the molecule is O=C(c1ccoc1Cl)N1CCCC(c2nc(C(F)(F)F)cs2)C1. The maximum Gasteiger partial charge on any atom is 0.434 e. The molecule has 2 aromatic rings. The Kier molecular flexibility index (Phi) is 4.37. The Morgan fingerprint density at radius 3 is 2.87 bits per heavy atom. The van der Waals surface area contributed by atoms with Crippen LogP contribution in [0.2, 0.25) is 5.22 Å². The van der Waals surface area contributed by atoms with Crippen LogP contribution >= 0.6 is 22.9 Å². The summed E-state index contributed by atoms with van der Waals surface area (Å²) in [5.74, 6) is -0.472. The third-order valence-corrected chi connectivity index (χ3v) is 5.02. The van der Waals surface area contributed by atoms with Gasteiger partial charge in [0.15, 0.2) is 5.69 Å². The van der Waals surface area contributed by atoms with E-state index in [1.807, 2.05) is 0 Å². The minimum absolute atomic E-state index is 0.0192. The van der Waals surface area contributed by atoms with E-state index in [9.17, 15) is 18.0 Å². The van der Waals surface area contributed by atoms with Crippen molar-refractivity contribution in [2.75, 3.05) is 13.1 Å². The second kappa shape index (κ2) is 6.16. The molecule has 0 N–H and O–H groups in total. The van der Waals surface area contributed by atoms with E-state index < -0.39 is 11.9 Å². The molecule has 3 rings (SSSR count). The summed E-state index contributed by atoms with van der Waals surface area (Å²) in [5, 5.41) is 1.45. The van der Waals surface area contributed by atoms with Crippen LogP contribution in [0.3, 0.4) is 0 Å². The number of carbonyl (C=O) groups excluding carboxylic acids is 1. The Balaban J connectivity index is 1.75. The molecule has 0 aromatic carbocycles. The van der Waals surface area contributed by atoms with E-state index in [4.69, 9.17) is 16.0 Å². The number of thiazole rings is 1. The van der Waals surface area contributed by atoms with Crippen molar-refractivity contribution >= 4 is 28.8 Å². The molecule has 0 bridgehead atoms. The number of piperidine rings is 1. The van der Waals surface area contributed by atoms with Crippen molar-refractivity contribution in [1.82, 2.24) is 9.88 Å². The van der Waals surface area contributed by atoms with Gasteiger partial charge >= 0.3 is 6.18 Å². The van der Waals surface area contributed by atoms with E-state index in [1.54, 1.807) is 4.90 Å². The van der Waals surface area contributed by atoms with Gasteiger partial charge in [-0.1, -0.05) is 0 Å². The monoisotopic (exact) mass is 364 g/mol. The predicted molar refractivity (Wildman–Crippen MR) is 78.7 cm³/mol. The first-order valence-electron chi connectivity index (χ1n) is 6.91. The van der Waals surface area contributed by atoms with Gasteiger partial charge in [-0.05, 0) is 30.5 Å². The summed E-state index contributed by atoms with van der Waals surface area (Å²) < 4.78 is 42.9. The first-order chi connectivity index (χ1) is 10.9. The quantitative estimate of drug-likeness (QED) is 0.792. The summed E-state index contributed by atoms with van der Waals surface area (Å²) in [4.78, 5) is 17.7. The molecule has 1 aliphatic heterocycles. The van der Waals surface area contributed by atoms with Gasteiger partial charge in [0.1, 0.15) is 0 Å². The number of amides is 1. The highest BCUT2D eigenvalue weighted by Crippen LogP contribution is 2.35. The lowest BCUT2D eigenvalue weighted by molar-refractivity contribution is -0.140. The molecule has 1 aliphatic rings. The van der Waals surface area contributed by atoms with Gasteiger partial charge in [-0.25, -0.2) is 4.98 Å². The minimum atomic E-state index is -4.44. The third-order valence-electron chi connectivity index (χ3n) is 3.72. The highest BCUT2D eigenvalue weighted by molar-refractivity contribution is 7.09. The smallest absolute Gasteiger partial charge is 0.434 e. The number of carbonyl (C=O) groups is 1. The molecule has 2 aromatic heterocycles. The lowest BCUT2D eigenvalue weighted by Crippen LogP contribution is -2.39. The number of alkyl halides is 3. The average Bonchev–Trinajstić information content (AvgIpc) is 3.15. The number of hydrogen-bond donors (Lipinski definition) is 0. The van der Waals surface area contributed by atoms with Crippen molar-refractivity contribution < 1.29 is 22.4 Å². The fourth-order valence-corrected chi connectivity index (χ4v) is 3.73. The summed E-state index contributed by atoms with van der Waals surface area (Å²) in [6.45, 7) is 0.861. The molecule has 23 heavy (non-hydrogen) atoms. The van der Waals surface area contributed by atoms with Gasteiger partial charge in [-0.15, -0.1) is 11.3 Å². The van der Waals surface area contributed by atoms with Gasteiger partial charge in [0.05, 0.1) is 16.8 Å². The van der Waals surface area contributed by atoms with E-state index in [1.165, 1.54) is 12.3 Å². The van der Waals surface area contributed by atoms with Crippen molar-refractivity contribution in [3.8, 4) is 0 Å². The minimum Gasteiger partial charge on any atom is -0.452 e. The Morgan fingerprint density at radius 2 is 2.26 bits per heavy atom. The van der Waals surface area contributed by atoms with E-state index >= 15 is 0 Å². The lowest BCUT2D eigenvalue weighted by Gasteiger charge is -2.31. The first kappa shape index (κ1) is 16.3. The van der Waals surface area contributed by atoms with Crippen molar-refractivity contribution in [2.24, 2.45) is 0 Å². The summed E-state index contributed by atoms with van der Waals surface area (Å²) in [7, 11) is 0. The molecule has 1 amide bonds. The van der Waals surface area contributed by atoms with Crippen LogP contribution in [0, 0.1) is 0 Å². The average molecular weight is 365 g/mol. The van der Waals surface area contributed by atoms with Crippen LogP contribution in [-0.4, -0.2) is 28.9 Å². The summed E-state index contributed by atoms with van der Waals surface area (Å²) in [6, 6.07) is 1.49. The maximum atomic E-state index is 12.7. The van der Waals surface area contributed by atoms with Crippen molar-refractivity contribution in [1.29, 1.82) is 0 Å². The fourth-order valence-electron chi connectivity index (χ4n) is 2.59. The predicted octanol–water partition coefficient (Wildman–Crippen LogP) is 4.43. The van der Waals surface area contributed by atoms with Crippen LogP contribution in [-0.2, 0) is 6.18 Å². The zero-order valence-electron chi connectivity index (χ0n) is 11.8. The van der Waals surface area contributed by atoms with Gasteiger partial charge in [-0.3, -0.25) is 4.79 Å². The summed E-state index contributed by atoms with van der Waals surface area (Å²) >= 11 is 6.79. The van der Waals surface area contributed by atoms with Crippen LogP contribution < -0.4 is 0 Å². The van der Waals surface area contributed by atoms with Crippen LogP contribution in [0.1, 0.15) is 39.8 Å². The summed E-state index contributed by atoms with van der Waals surface area (Å²) in [5.41, 5.74) is -0.610. The molecule has 0 aliphatic carbocycles. The number of hydrogen-bond acceptors (Lipinski definition) is 4. The molecule has 9 heteroatoms. The van der Waals surface area contributed by atoms with E-state index in [0.717, 1.165) is 16.7 Å². The molecule has 0 saturated carbocycles. The van der Waals surface area contributed by atoms with Crippen molar-refractivity contribution in [3.05, 3.63) is 39.2 Å². The number of halogens is 4. The number of nitrogens with zero attached hydrogens (tertiary/aromatic N) is 2. The second-order valence-electron chi connectivity index (χ2n) is 5.27. The topological polar surface area (TPSA) is 46.3 Å². The normalized spacial score (nSPS) is 19.1. The van der Waals surface area contributed by atoms with Crippen LogP contribution in [0.4, 0.5) is 13.2 Å². The molecule has 4 nitrogen and oxygen atoms in total. The molecule has 3 heterocycles. The molecule has 0 radical (unpaired) electrons. The second-order valence-corrected chi connectivity index (χ2v) is 6.50. The first-order valence-corrected chi connectivity index (χ1v) is 8.17. The number of rotatable bonds is 2. The Hall–Kier alpha value is -1.54. The van der Waals surface area contributed by atoms with E-state index in [0.29, 0.717) is 30.9 Å². The Labute approximate surface area is 138 Å². The summed E-state index contributed by atoms with van der Waals surface area (Å²) in [6.07, 6.45) is -1.71. The van der Waals surface area contributed by atoms with Gasteiger partial charge in [0, 0.05) is 24.4 Å². The molecule has 0 spiro atoms. The maximum absolute atomic E-state index is 12.7. The van der Waals surface area contributed by atoms with Gasteiger partial charge in [-0.2, -0.15) is 13.2 Å². The number of aromatic nitrogens is 1.